The number of rotatable bonds is 1. The van der Waals surface area contributed by atoms with Gasteiger partial charge in [0, 0.05) is 28.3 Å². The van der Waals surface area contributed by atoms with Gasteiger partial charge in [0.2, 0.25) is 0 Å². The highest BCUT2D eigenvalue weighted by molar-refractivity contribution is 7.15. The van der Waals surface area contributed by atoms with Crippen LogP contribution in [-0.2, 0) is 12.0 Å². The summed E-state index contributed by atoms with van der Waals surface area (Å²) in [6, 6.07) is 13.0. The van der Waals surface area contributed by atoms with E-state index in [0.29, 0.717) is 0 Å². The lowest BCUT2D eigenvalue weighted by atomic mass is 9.86. The first kappa shape index (κ1) is 11.0. The second-order valence-corrected chi connectivity index (χ2v) is 6.37. The summed E-state index contributed by atoms with van der Waals surface area (Å²) in [6.45, 7) is 6.74. The van der Waals surface area contributed by atoms with Gasteiger partial charge < -0.3 is 5.32 Å². The zero-order chi connectivity index (χ0) is 11.9. The van der Waals surface area contributed by atoms with Crippen LogP contribution in [0.1, 0.15) is 24.3 Å². The second kappa shape index (κ2) is 3.97. The SMILES string of the molecule is CC1(C)CNCc2cc(-c3ccccc3)sc21. The molecule has 0 bridgehead atoms. The van der Waals surface area contributed by atoms with Gasteiger partial charge in [0.05, 0.1) is 0 Å². The first-order chi connectivity index (χ1) is 8.17. The summed E-state index contributed by atoms with van der Waals surface area (Å²) in [4.78, 5) is 2.95. The lowest BCUT2D eigenvalue weighted by Gasteiger charge is -2.30. The molecule has 2 heteroatoms. The minimum atomic E-state index is 0.269. The third-order valence-electron chi connectivity index (χ3n) is 3.36. The monoisotopic (exact) mass is 243 g/mol. The molecule has 17 heavy (non-hydrogen) atoms. The van der Waals surface area contributed by atoms with Gasteiger partial charge in [0.15, 0.2) is 0 Å². The van der Waals surface area contributed by atoms with Gasteiger partial charge in [0.1, 0.15) is 0 Å². The maximum Gasteiger partial charge on any atom is 0.0349 e. The van der Waals surface area contributed by atoms with E-state index < -0.39 is 0 Å². The highest BCUT2D eigenvalue weighted by atomic mass is 32.1. The molecule has 0 unspecified atom stereocenters. The van der Waals surface area contributed by atoms with Crippen LogP contribution in [0.15, 0.2) is 36.4 Å². The number of hydrogen-bond acceptors (Lipinski definition) is 2. The maximum absolute atomic E-state index is 3.50. The van der Waals surface area contributed by atoms with Gasteiger partial charge in [0.25, 0.3) is 0 Å². The Morgan fingerprint density at radius 1 is 1.18 bits per heavy atom. The number of benzene rings is 1. The molecule has 1 aliphatic heterocycles. The Hall–Kier alpha value is -1.12. The van der Waals surface area contributed by atoms with Crippen LogP contribution in [-0.4, -0.2) is 6.54 Å². The Bertz CT molecular complexity index is 525. The normalized spacial score (nSPS) is 17.8. The van der Waals surface area contributed by atoms with Crippen molar-refractivity contribution in [1.82, 2.24) is 5.32 Å². The predicted molar refractivity (Wildman–Crippen MR) is 74.5 cm³/mol. The van der Waals surface area contributed by atoms with Crippen LogP contribution in [0.4, 0.5) is 0 Å². The summed E-state index contributed by atoms with van der Waals surface area (Å²) in [5.41, 5.74) is 3.08. The van der Waals surface area contributed by atoms with Crippen LogP contribution in [0.2, 0.25) is 0 Å². The number of nitrogens with one attached hydrogen (secondary N) is 1. The highest BCUT2D eigenvalue weighted by Gasteiger charge is 2.29. The summed E-state index contributed by atoms with van der Waals surface area (Å²) >= 11 is 1.96. The highest BCUT2D eigenvalue weighted by Crippen LogP contribution is 2.40. The van der Waals surface area contributed by atoms with Crippen molar-refractivity contribution in [1.29, 1.82) is 0 Å². The van der Waals surface area contributed by atoms with Crippen LogP contribution >= 0.6 is 11.3 Å². The molecule has 0 fully saturated rings. The molecule has 1 aromatic carbocycles. The predicted octanol–water partition coefficient (Wildman–Crippen LogP) is 3.80. The molecule has 1 aliphatic rings. The van der Waals surface area contributed by atoms with E-state index in [-0.39, 0.29) is 5.41 Å². The zero-order valence-corrected chi connectivity index (χ0v) is 11.1. The Morgan fingerprint density at radius 3 is 2.65 bits per heavy atom. The molecular formula is C15H17NS. The molecule has 1 nitrogen and oxygen atoms in total. The van der Waals surface area contributed by atoms with Crippen LogP contribution in [0.3, 0.4) is 0 Å². The minimum absolute atomic E-state index is 0.269. The molecule has 0 saturated carbocycles. The molecule has 0 atom stereocenters. The summed E-state index contributed by atoms with van der Waals surface area (Å²) in [5.74, 6) is 0. The summed E-state index contributed by atoms with van der Waals surface area (Å²) in [5, 5.41) is 3.50. The molecule has 1 N–H and O–H groups in total. The molecule has 88 valence electrons. The van der Waals surface area contributed by atoms with Crippen LogP contribution in [0.5, 0.6) is 0 Å². The largest absolute Gasteiger partial charge is 0.312 e. The van der Waals surface area contributed by atoms with E-state index in [1.165, 1.54) is 16.0 Å². The fourth-order valence-corrected chi connectivity index (χ4v) is 3.75. The average Bonchev–Trinajstić information content (AvgIpc) is 2.75. The lowest BCUT2D eigenvalue weighted by Crippen LogP contribution is -2.37. The smallest absolute Gasteiger partial charge is 0.0349 e. The first-order valence-electron chi connectivity index (χ1n) is 6.06. The van der Waals surface area contributed by atoms with Crippen molar-refractivity contribution < 1.29 is 0 Å². The molecule has 2 aromatic rings. The van der Waals surface area contributed by atoms with Crippen molar-refractivity contribution in [3.63, 3.8) is 0 Å². The van der Waals surface area contributed by atoms with E-state index in [0.717, 1.165) is 13.1 Å². The van der Waals surface area contributed by atoms with Gasteiger partial charge in [-0.15, -0.1) is 11.3 Å². The van der Waals surface area contributed by atoms with Gasteiger partial charge >= 0.3 is 0 Å². The zero-order valence-electron chi connectivity index (χ0n) is 10.3. The molecule has 0 amide bonds. The van der Waals surface area contributed by atoms with E-state index in [1.807, 2.05) is 11.3 Å². The Morgan fingerprint density at radius 2 is 1.94 bits per heavy atom. The summed E-state index contributed by atoms with van der Waals surface area (Å²) in [7, 11) is 0. The minimum Gasteiger partial charge on any atom is -0.312 e. The van der Waals surface area contributed by atoms with E-state index in [1.54, 1.807) is 4.88 Å². The average molecular weight is 243 g/mol. The molecule has 0 spiro atoms. The second-order valence-electron chi connectivity index (χ2n) is 5.32. The third-order valence-corrected chi connectivity index (χ3v) is 4.96. The van der Waals surface area contributed by atoms with E-state index >= 15 is 0 Å². The van der Waals surface area contributed by atoms with Crippen molar-refractivity contribution in [2.45, 2.75) is 25.8 Å². The van der Waals surface area contributed by atoms with Crippen molar-refractivity contribution in [2.75, 3.05) is 6.54 Å². The van der Waals surface area contributed by atoms with Gasteiger partial charge in [-0.3, -0.25) is 0 Å². The topological polar surface area (TPSA) is 12.0 Å². The number of hydrogen-bond donors (Lipinski definition) is 1. The third kappa shape index (κ3) is 1.92. The van der Waals surface area contributed by atoms with Crippen molar-refractivity contribution >= 4 is 11.3 Å². The van der Waals surface area contributed by atoms with E-state index in [4.69, 9.17) is 0 Å². The Balaban J connectivity index is 2.08. The number of fused-ring (bicyclic) bond motifs is 1. The first-order valence-corrected chi connectivity index (χ1v) is 6.88. The van der Waals surface area contributed by atoms with Gasteiger partial charge in [-0.2, -0.15) is 0 Å². The molecule has 0 saturated heterocycles. The molecule has 2 heterocycles. The lowest BCUT2D eigenvalue weighted by molar-refractivity contribution is 0.445. The Kier molecular flexibility index (Phi) is 2.57. The van der Waals surface area contributed by atoms with Crippen LogP contribution < -0.4 is 5.32 Å². The molecule has 0 radical (unpaired) electrons. The maximum atomic E-state index is 3.50. The molecule has 3 rings (SSSR count). The van der Waals surface area contributed by atoms with Gasteiger partial charge in [-0.25, -0.2) is 0 Å². The van der Waals surface area contributed by atoms with Crippen LogP contribution in [0.25, 0.3) is 10.4 Å². The summed E-state index contributed by atoms with van der Waals surface area (Å²) in [6.07, 6.45) is 0. The van der Waals surface area contributed by atoms with E-state index in [9.17, 15) is 0 Å². The quantitative estimate of drug-likeness (QED) is 0.803. The van der Waals surface area contributed by atoms with Gasteiger partial charge in [-0.05, 0) is 17.2 Å². The molecule has 0 aliphatic carbocycles. The molecule has 1 aromatic heterocycles. The number of thiophene rings is 1. The van der Waals surface area contributed by atoms with Gasteiger partial charge in [-0.1, -0.05) is 44.2 Å². The fourth-order valence-electron chi connectivity index (χ4n) is 2.47. The Labute approximate surface area is 106 Å². The summed E-state index contributed by atoms with van der Waals surface area (Å²) < 4.78 is 0. The van der Waals surface area contributed by atoms with Crippen molar-refractivity contribution in [3.8, 4) is 10.4 Å². The molecular weight excluding hydrogens is 226 g/mol. The van der Waals surface area contributed by atoms with Crippen LogP contribution in [0, 0.1) is 0 Å². The standard InChI is InChI=1S/C15H17NS/c1-15(2)10-16-9-12-8-13(17-14(12)15)11-6-4-3-5-7-11/h3-8,16H,9-10H2,1-2H3. The fraction of sp³-hybridized carbons (Fsp3) is 0.333. The van der Waals surface area contributed by atoms with Crippen molar-refractivity contribution in [2.24, 2.45) is 0 Å². The van der Waals surface area contributed by atoms with E-state index in [2.05, 4.69) is 55.6 Å². The van der Waals surface area contributed by atoms with Crippen molar-refractivity contribution in [3.05, 3.63) is 46.8 Å².